The average Bonchev–Trinajstić information content (AvgIpc) is 3.57. The molecule has 6 rings (SSSR count). The molecule has 248 valence electrons. The highest BCUT2D eigenvalue weighted by molar-refractivity contribution is 5.06. The second kappa shape index (κ2) is 13.3. The molecule has 10 atom stereocenters. The Labute approximate surface area is 256 Å². The van der Waals surface area contributed by atoms with Crippen molar-refractivity contribution in [2.75, 3.05) is 26.4 Å². The average molecular weight is 625 g/mol. The zero-order valence-electron chi connectivity index (χ0n) is 25.9. The standard InChI is InChI=1S/C29H48N6O9/c1-28(2)18(12-36)24(39)22(25(40)20(14-38)43-28)34-10-16(30-32-34)8-6-5-7-9-17-11-35(33-31-17)23-26(41)21-15-42-27(23)19(13-37)29(3,4)44-21/h10-11,18-27,36-41H,5-9,12-15H2,1-4H3/t18-,19-,20-,21-,22+,23-,24-,25+,26+,27-/m0/s1. The Balaban J connectivity index is 1.15. The number of ether oxygens (including phenoxy) is 3. The van der Waals surface area contributed by atoms with E-state index in [0.29, 0.717) is 18.5 Å². The lowest BCUT2D eigenvalue weighted by molar-refractivity contribution is -0.157. The highest BCUT2D eigenvalue weighted by Gasteiger charge is 2.55. The molecule has 6 N–H and O–H groups in total. The number of hydrogen-bond acceptors (Lipinski definition) is 13. The Morgan fingerprint density at radius 1 is 0.727 bits per heavy atom. The summed E-state index contributed by atoms with van der Waals surface area (Å²) in [6.07, 6.45) is 2.16. The summed E-state index contributed by atoms with van der Waals surface area (Å²) in [4.78, 5) is 0. The van der Waals surface area contributed by atoms with Gasteiger partial charge in [0, 0.05) is 24.2 Å². The van der Waals surface area contributed by atoms with Crippen molar-refractivity contribution in [3.05, 3.63) is 23.8 Å². The molecule has 15 nitrogen and oxygen atoms in total. The molecule has 2 bridgehead atoms. The first-order valence-corrected chi connectivity index (χ1v) is 15.6. The van der Waals surface area contributed by atoms with Crippen LogP contribution in [0.3, 0.4) is 0 Å². The van der Waals surface area contributed by atoms with Crippen LogP contribution < -0.4 is 0 Å². The molecule has 0 amide bonds. The van der Waals surface area contributed by atoms with Crippen molar-refractivity contribution >= 4 is 0 Å². The Morgan fingerprint density at radius 3 is 1.86 bits per heavy atom. The molecule has 15 heteroatoms. The molecule has 4 fully saturated rings. The first-order chi connectivity index (χ1) is 20.9. The summed E-state index contributed by atoms with van der Waals surface area (Å²) in [5.41, 5.74) is -0.151. The number of unbranched alkanes of at least 4 members (excludes halogenated alkanes) is 2. The fraction of sp³-hybridized carbons (Fsp3) is 0.862. The number of aliphatic hydroxyl groups excluding tert-OH is 6. The number of aromatic nitrogens is 6. The van der Waals surface area contributed by atoms with E-state index < -0.39 is 72.4 Å². The van der Waals surface area contributed by atoms with E-state index in [4.69, 9.17) is 14.2 Å². The fourth-order valence-electron chi connectivity index (χ4n) is 7.12. The van der Waals surface area contributed by atoms with Crippen molar-refractivity contribution in [1.29, 1.82) is 0 Å². The largest absolute Gasteiger partial charge is 0.396 e. The predicted octanol–water partition coefficient (Wildman–Crippen LogP) is -1.05. The third-order valence-corrected chi connectivity index (χ3v) is 9.77. The Kier molecular flexibility index (Phi) is 10.1. The van der Waals surface area contributed by atoms with Crippen LogP contribution in [-0.2, 0) is 27.1 Å². The molecule has 0 aromatic carbocycles. The smallest absolute Gasteiger partial charge is 0.110 e. The van der Waals surface area contributed by atoms with E-state index in [0.717, 1.165) is 25.0 Å². The van der Waals surface area contributed by atoms with Gasteiger partial charge in [-0.15, -0.1) is 10.2 Å². The minimum absolute atomic E-state index is 0.135. The van der Waals surface area contributed by atoms with Gasteiger partial charge in [0.2, 0.25) is 0 Å². The van der Waals surface area contributed by atoms with E-state index >= 15 is 0 Å². The van der Waals surface area contributed by atoms with E-state index in [2.05, 4.69) is 20.6 Å². The van der Waals surface area contributed by atoms with Crippen LogP contribution in [0.15, 0.2) is 12.4 Å². The maximum absolute atomic E-state index is 11.1. The van der Waals surface area contributed by atoms with Gasteiger partial charge < -0.3 is 44.8 Å². The first-order valence-electron chi connectivity index (χ1n) is 15.6. The van der Waals surface area contributed by atoms with Gasteiger partial charge in [0.1, 0.15) is 36.5 Å². The van der Waals surface area contributed by atoms with Crippen molar-refractivity contribution in [1.82, 2.24) is 30.0 Å². The Morgan fingerprint density at radius 2 is 1.30 bits per heavy atom. The van der Waals surface area contributed by atoms with Crippen LogP contribution in [0.4, 0.5) is 0 Å². The molecule has 2 aromatic rings. The van der Waals surface area contributed by atoms with Crippen LogP contribution in [0.1, 0.15) is 70.4 Å². The monoisotopic (exact) mass is 624 g/mol. The maximum Gasteiger partial charge on any atom is 0.110 e. The fourth-order valence-corrected chi connectivity index (χ4v) is 7.12. The van der Waals surface area contributed by atoms with Crippen LogP contribution in [0.5, 0.6) is 0 Å². The molecular weight excluding hydrogens is 576 g/mol. The van der Waals surface area contributed by atoms with Crippen LogP contribution >= 0.6 is 0 Å². The summed E-state index contributed by atoms with van der Waals surface area (Å²) in [7, 11) is 0. The topological polar surface area (TPSA) is 210 Å². The van der Waals surface area contributed by atoms with Crippen molar-refractivity contribution < 1.29 is 44.8 Å². The highest BCUT2D eigenvalue weighted by atomic mass is 16.6. The highest BCUT2D eigenvalue weighted by Crippen LogP contribution is 2.43. The minimum Gasteiger partial charge on any atom is -0.396 e. The van der Waals surface area contributed by atoms with E-state index in [1.807, 2.05) is 20.0 Å². The van der Waals surface area contributed by atoms with Crippen molar-refractivity contribution in [2.24, 2.45) is 11.8 Å². The van der Waals surface area contributed by atoms with Gasteiger partial charge in [-0.1, -0.05) is 16.8 Å². The number of nitrogens with zero attached hydrogens (tertiary/aromatic N) is 6. The molecule has 6 heterocycles. The SMILES string of the molecule is CC1(C)O[C@@H](CO)[C@@H](O)[C@H](n2cc(CCCCCc3cn([C@H]4[C@H](O)[C@@H]5CO[C@H]4[C@H](CO)C(C)(C)O5)nn3)nn2)[C@@H](O)[C@@H]1CO. The molecule has 0 saturated carbocycles. The summed E-state index contributed by atoms with van der Waals surface area (Å²) in [5, 5.41) is 80.0. The van der Waals surface area contributed by atoms with Crippen LogP contribution in [-0.4, -0.2) is 135 Å². The Hall–Kier alpha value is -2.08. The van der Waals surface area contributed by atoms with E-state index in [-0.39, 0.29) is 25.7 Å². The minimum atomic E-state index is -1.26. The molecular formula is C29H48N6O9. The number of rotatable bonds is 11. The van der Waals surface area contributed by atoms with Gasteiger partial charge in [-0.05, 0) is 53.4 Å². The third-order valence-electron chi connectivity index (χ3n) is 9.77. The normalized spacial score (nSPS) is 36.7. The summed E-state index contributed by atoms with van der Waals surface area (Å²) in [5.74, 6) is -1.05. The number of aryl methyl sites for hydroxylation is 2. The van der Waals surface area contributed by atoms with Gasteiger partial charge in [0.05, 0.1) is 61.2 Å². The second-order valence-electron chi connectivity index (χ2n) is 13.5. The van der Waals surface area contributed by atoms with Crippen LogP contribution in [0.2, 0.25) is 0 Å². The Bertz CT molecular complexity index is 1220. The van der Waals surface area contributed by atoms with Gasteiger partial charge in [0.25, 0.3) is 0 Å². The summed E-state index contributed by atoms with van der Waals surface area (Å²) in [6.45, 7) is 6.55. The van der Waals surface area contributed by atoms with E-state index in [9.17, 15) is 30.6 Å². The zero-order chi connectivity index (χ0) is 31.8. The molecule has 2 aromatic heterocycles. The lowest BCUT2D eigenvalue weighted by Gasteiger charge is -2.38. The van der Waals surface area contributed by atoms with Gasteiger partial charge in [-0.2, -0.15) is 0 Å². The second-order valence-corrected chi connectivity index (χ2v) is 13.5. The lowest BCUT2D eigenvalue weighted by atomic mass is 9.82. The quantitative estimate of drug-likeness (QED) is 0.165. The molecule has 4 saturated heterocycles. The van der Waals surface area contributed by atoms with E-state index in [1.54, 1.807) is 24.7 Å². The number of hydrogen-bond donors (Lipinski definition) is 6. The van der Waals surface area contributed by atoms with Crippen molar-refractivity contribution in [2.45, 2.75) is 120 Å². The molecule has 0 unspecified atom stereocenters. The molecule has 44 heavy (non-hydrogen) atoms. The lowest BCUT2D eigenvalue weighted by Crippen LogP contribution is -2.50. The number of fused-ring (bicyclic) bond motifs is 4. The van der Waals surface area contributed by atoms with Gasteiger partial charge in [0.15, 0.2) is 0 Å². The van der Waals surface area contributed by atoms with Gasteiger partial charge >= 0.3 is 0 Å². The summed E-state index contributed by atoms with van der Waals surface area (Å²) in [6, 6.07) is -1.46. The first kappa shape index (κ1) is 33.3. The summed E-state index contributed by atoms with van der Waals surface area (Å²) >= 11 is 0. The van der Waals surface area contributed by atoms with Crippen LogP contribution in [0.25, 0.3) is 0 Å². The molecule has 0 aliphatic carbocycles. The molecule has 4 aliphatic heterocycles. The number of aliphatic hydroxyl groups is 6. The zero-order valence-corrected chi connectivity index (χ0v) is 25.9. The van der Waals surface area contributed by atoms with Crippen molar-refractivity contribution in [3.63, 3.8) is 0 Å². The summed E-state index contributed by atoms with van der Waals surface area (Å²) < 4.78 is 21.1. The predicted molar refractivity (Wildman–Crippen MR) is 153 cm³/mol. The molecule has 0 radical (unpaired) electrons. The maximum atomic E-state index is 11.1. The van der Waals surface area contributed by atoms with E-state index in [1.165, 1.54) is 4.68 Å². The van der Waals surface area contributed by atoms with Gasteiger partial charge in [-0.25, -0.2) is 9.36 Å². The molecule has 4 aliphatic rings. The van der Waals surface area contributed by atoms with Crippen LogP contribution in [0, 0.1) is 11.8 Å². The van der Waals surface area contributed by atoms with Crippen molar-refractivity contribution in [3.8, 4) is 0 Å². The third kappa shape index (κ3) is 6.44. The molecule has 0 spiro atoms. The van der Waals surface area contributed by atoms with Gasteiger partial charge in [-0.3, -0.25) is 0 Å².